The maximum Gasteiger partial charge on any atom is 0.340 e. The van der Waals surface area contributed by atoms with Gasteiger partial charge in [-0.05, 0) is 36.1 Å². The van der Waals surface area contributed by atoms with Gasteiger partial charge in [-0.25, -0.2) is 9.18 Å². The topological polar surface area (TPSA) is 26.3 Å². The number of rotatable bonds is 4. The van der Waals surface area contributed by atoms with Gasteiger partial charge in [0.2, 0.25) is 0 Å². The Morgan fingerprint density at radius 1 is 1.05 bits per heavy atom. The molecule has 2 rings (SSSR count). The molecule has 98 valence electrons. The Bertz CT molecular complexity index is 564. The van der Waals surface area contributed by atoms with Gasteiger partial charge < -0.3 is 4.74 Å². The van der Waals surface area contributed by atoms with Crippen molar-refractivity contribution >= 4 is 5.97 Å². The highest BCUT2D eigenvalue weighted by Gasteiger charge is 2.12. The van der Waals surface area contributed by atoms with Crippen LogP contribution in [0.4, 0.5) is 4.39 Å². The smallest absolute Gasteiger partial charge is 0.340 e. The van der Waals surface area contributed by atoms with Gasteiger partial charge in [0.1, 0.15) is 5.82 Å². The zero-order valence-corrected chi connectivity index (χ0v) is 10.7. The lowest BCUT2D eigenvalue weighted by molar-refractivity contribution is 0.0595. The third kappa shape index (κ3) is 3.41. The van der Waals surface area contributed by atoms with E-state index in [0.29, 0.717) is 0 Å². The van der Waals surface area contributed by atoms with Crippen LogP contribution in [0.15, 0.2) is 48.5 Å². The van der Waals surface area contributed by atoms with Crippen LogP contribution in [-0.4, -0.2) is 13.1 Å². The summed E-state index contributed by atoms with van der Waals surface area (Å²) in [7, 11) is 1.24. The van der Waals surface area contributed by atoms with Gasteiger partial charge in [-0.2, -0.15) is 0 Å². The molecule has 2 nitrogen and oxygen atoms in total. The second-order valence-corrected chi connectivity index (χ2v) is 4.29. The largest absolute Gasteiger partial charge is 0.465 e. The lowest BCUT2D eigenvalue weighted by Gasteiger charge is -2.05. The first-order valence-electron chi connectivity index (χ1n) is 6.11. The molecule has 0 saturated carbocycles. The molecular formula is C16H15FO2. The highest BCUT2D eigenvalue weighted by molar-refractivity contribution is 5.89. The molecule has 0 spiro atoms. The average Bonchev–Trinajstić information content (AvgIpc) is 2.45. The molecule has 19 heavy (non-hydrogen) atoms. The van der Waals surface area contributed by atoms with E-state index in [2.05, 4.69) is 4.74 Å². The lowest BCUT2D eigenvalue weighted by atomic mass is 10.0. The number of aryl methyl sites for hydroxylation is 2. The first kappa shape index (κ1) is 13.3. The van der Waals surface area contributed by atoms with E-state index < -0.39 is 11.8 Å². The van der Waals surface area contributed by atoms with Gasteiger partial charge in [-0.15, -0.1) is 0 Å². The summed E-state index contributed by atoms with van der Waals surface area (Å²) in [4.78, 5) is 11.3. The Kier molecular flexibility index (Phi) is 4.29. The first-order chi connectivity index (χ1) is 9.20. The summed E-state index contributed by atoms with van der Waals surface area (Å²) in [6.45, 7) is 0. The van der Waals surface area contributed by atoms with Crippen molar-refractivity contribution in [1.29, 1.82) is 0 Å². The molecule has 0 aliphatic rings. The minimum Gasteiger partial charge on any atom is -0.465 e. The van der Waals surface area contributed by atoms with Crippen molar-refractivity contribution in [1.82, 2.24) is 0 Å². The first-order valence-corrected chi connectivity index (χ1v) is 6.11. The number of benzene rings is 2. The van der Waals surface area contributed by atoms with Crippen LogP contribution in [0.25, 0.3) is 0 Å². The van der Waals surface area contributed by atoms with E-state index in [0.717, 1.165) is 18.4 Å². The van der Waals surface area contributed by atoms with E-state index in [9.17, 15) is 9.18 Å². The van der Waals surface area contributed by atoms with E-state index in [-0.39, 0.29) is 5.56 Å². The highest BCUT2D eigenvalue weighted by atomic mass is 19.1. The van der Waals surface area contributed by atoms with Gasteiger partial charge in [0.15, 0.2) is 0 Å². The van der Waals surface area contributed by atoms with E-state index in [1.54, 1.807) is 6.07 Å². The van der Waals surface area contributed by atoms with Crippen LogP contribution in [0.1, 0.15) is 21.5 Å². The zero-order chi connectivity index (χ0) is 13.7. The number of methoxy groups -OCH3 is 1. The van der Waals surface area contributed by atoms with Crippen molar-refractivity contribution in [3.8, 4) is 0 Å². The fraction of sp³-hybridized carbons (Fsp3) is 0.188. The van der Waals surface area contributed by atoms with E-state index in [1.165, 1.54) is 24.8 Å². The molecule has 0 aliphatic heterocycles. The number of halogens is 1. The summed E-state index contributed by atoms with van der Waals surface area (Å²) in [6, 6.07) is 14.6. The van der Waals surface area contributed by atoms with Crippen molar-refractivity contribution in [2.75, 3.05) is 7.11 Å². The van der Waals surface area contributed by atoms with Crippen LogP contribution in [0, 0.1) is 5.82 Å². The summed E-state index contributed by atoms with van der Waals surface area (Å²) < 4.78 is 18.2. The molecule has 2 aromatic rings. The Hall–Kier alpha value is -2.16. The molecule has 0 aromatic heterocycles. The number of carbonyl (C=O) groups is 1. The van der Waals surface area contributed by atoms with Crippen LogP contribution >= 0.6 is 0 Å². The standard InChI is InChI=1S/C16H15FO2/c1-19-16(18)14-10-9-13(11-15(14)17)8-7-12-5-3-2-4-6-12/h2-6,9-11H,7-8H2,1H3. The summed E-state index contributed by atoms with van der Waals surface area (Å²) in [5.74, 6) is -1.18. The predicted molar refractivity (Wildman–Crippen MR) is 71.6 cm³/mol. The summed E-state index contributed by atoms with van der Waals surface area (Å²) in [5.41, 5.74) is 2.06. The Morgan fingerprint density at radius 2 is 1.74 bits per heavy atom. The van der Waals surface area contributed by atoms with Crippen LogP contribution in [0.3, 0.4) is 0 Å². The van der Waals surface area contributed by atoms with Gasteiger partial charge in [0.25, 0.3) is 0 Å². The van der Waals surface area contributed by atoms with E-state index >= 15 is 0 Å². The number of esters is 1. The molecule has 0 bridgehead atoms. The quantitative estimate of drug-likeness (QED) is 0.786. The van der Waals surface area contributed by atoms with Crippen molar-refractivity contribution in [3.63, 3.8) is 0 Å². The third-order valence-electron chi connectivity index (χ3n) is 2.98. The van der Waals surface area contributed by atoms with Crippen molar-refractivity contribution in [3.05, 3.63) is 71.0 Å². The molecule has 0 radical (unpaired) electrons. The highest BCUT2D eigenvalue weighted by Crippen LogP contribution is 2.14. The predicted octanol–water partition coefficient (Wildman–Crippen LogP) is 3.40. The summed E-state index contributed by atoms with van der Waals surface area (Å²) >= 11 is 0. The van der Waals surface area contributed by atoms with Gasteiger partial charge in [-0.1, -0.05) is 36.4 Å². The van der Waals surface area contributed by atoms with Crippen LogP contribution in [0.5, 0.6) is 0 Å². The molecule has 0 fully saturated rings. The summed E-state index contributed by atoms with van der Waals surface area (Å²) in [5, 5.41) is 0. The molecule has 0 amide bonds. The van der Waals surface area contributed by atoms with Crippen molar-refractivity contribution in [2.45, 2.75) is 12.8 Å². The molecule has 0 heterocycles. The second-order valence-electron chi connectivity index (χ2n) is 4.29. The minimum atomic E-state index is -0.646. The average molecular weight is 258 g/mol. The van der Waals surface area contributed by atoms with Crippen LogP contribution in [-0.2, 0) is 17.6 Å². The van der Waals surface area contributed by atoms with Gasteiger partial charge in [-0.3, -0.25) is 0 Å². The molecule has 0 atom stereocenters. The lowest BCUT2D eigenvalue weighted by Crippen LogP contribution is -2.05. The zero-order valence-electron chi connectivity index (χ0n) is 10.7. The number of hydrogen-bond acceptors (Lipinski definition) is 2. The van der Waals surface area contributed by atoms with Crippen molar-refractivity contribution < 1.29 is 13.9 Å². The Labute approximate surface area is 111 Å². The molecule has 0 saturated heterocycles. The van der Waals surface area contributed by atoms with Gasteiger partial charge >= 0.3 is 5.97 Å². The minimum absolute atomic E-state index is 0.0223. The molecular weight excluding hydrogens is 243 g/mol. The van der Waals surface area contributed by atoms with E-state index in [4.69, 9.17) is 0 Å². The van der Waals surface area contributed by atoms with Gasteiger partial charge in [0, 0.05) is 0 Å². The maximum absolute atomic E-state index is 13.7. The van der Waals surface area contributed by atoms with Crippen LogP contribution in [0.2, 0.25) is 0 Å². The molecule has 0 N–H and O–H groups in total. The molecule has 2 aromatic carbocycles. The number of carbonyl (C=O) groups excluding carboxylic acids is 1. The SMILES string of the molecule is COC(=O)c1ccc(CCc2ccccc2)cc1F. The van der Waals surface area contributed by atoms with Gasteiger partial charge in [0.05, 0.1) is 12.7 Å². The Morgan fingerprint density at radius 3 is 2.37 bits per heavy atom. The molecule has 0 unspecified atom stereocenters. The number of hydrogen-bond donors (Lipinski definition) is 0. The van der Waals surface area contributed by atoms with Crippen LogP contribution < -0.4 is 0 Å². The Balaban J connectivity index is 2.06. The fourth-order valence-corrected chi connectivity index (χ4v) is 1.92. The maximum atomic E-state index is 13.7. The normalized spacial score (nSPS) is 10.2. The number of ether oxygens (including phenoxy) is 1. The van der Waals surface area contributed by atoms with E-state index in [1.807, 2.05) is 30.3 Å². The van der Waals surface area contributed by atoms with Crippen molar-refractivity contribution in [2.24, 2.45) is 0 Å². The summed E-state index contributed by atoms with van der Waals surface area (Å²) in [6.07, 6.45) is 1.58. The third-order valence-corrected chi connectivity index (χ3v) is 2.98. The fourth-order valence-electron chi connectivity index (χ4n) is 1.92. The molecule has 3 heteroatoms. The second kappa shape index (κ2) is 6.14. The molecule has 0 aliphatic carbocycles. The monoisotopic (exact) mass is 258 g/mol.